The number of piperidine rings is 1. The van der Waals surface area contributed by atoms with Crippen molar-refractivity contribution in [3.05, 3.63) is 63.9 Å². The van der Waals surface area contributed by atoms with Crippen LogP contribution in [-0.4, -0.2) is 34.8 Å². The van der Waals surface area contributed by atoms with Gasteiger partial charge in [-0.1, -0.05) is 36.4 Å². The number of Topliss-reactive ketones (excluding diaryl/α,β-unsaturated/α-hetero) is 1. The summed E-state index contributed by atoms with van der Waals surface area (Å²) in [5.74, 6) is 0.327. The van der Waals surface area contributed by atoms with Crippen LogP contribution in [0.4, 0.5) is 0 Å². The van der Waals surface area contributed by atoms with E-state index in [1.165, 1.54) is 0 Å². The molecule has 2 aromatic rings. The molecule has 1 fully saturated rings. The quantitative estimate of drug-likeness (QED) is 0.824. The number of ketones is 1. The Kier molecular flexibility index (Phi) is 5.74. The fraction of sp³-hybridized carbons (Fsp3) is 0.391. The molecule has 1 N–H and O–H groups in total. The summed E-state index contributed by atoms with van der Waals surface area (Å²) in [7, 11) is 0. The van der Waals surface area contributed by atoms with Crippen molar-refractivity contribution < 1.29 is 14.7 Å². The zero-order valence-corrected chi connectivity index (χ0v) is 16.7. The predicted octanol–water partition coefficient (Wildman–Crippen LogP) is 4.23. The largest absolute Gasteiger partial charge is 0.387 e. The SMILES string of the molecule is O=C1CCC(c2ccccc2)=C1CC(=O)N1CCC(C(O)c2cccs2)CC1. The summed E-state index contributed by atoms with van der Waals surface area (Å²) in [5, 5.41) is 12.5. The first-order valence-electron chi connectivity index (χ1n) is 9.93. The Labute approximate surface area is 169 Å². The summed E-state index contributed by atoms with van der Waals surface area (Å²) in [5.41, 5.74) is 2.77. The number of benzene rings is 1. The molecule has 0 bridgehead atoms. The highest BCUT2D eigenvalue weighted by atomic mass is 32.1. The molecule has 1 amide bonds. The summed E-state index contributed by atoms with van der Waals surface area (Å²) in [6, 6.07) is 13.8. The van der Waals surface area contributed by atoms with Gasteiger partial charge >= 0.3 is 0 Å². The molecule has 5 heteroatoms. The first-order valence-corrected chi connectivity index (χ1v) is 10.8. The molecule has 1 aliphatic heterocycles. The van der Waals surface area contributed by atoms with Gasteiger partial charge in [0, 0.05) is 30.0 Å². The van der Waals surface area contributed by atoms with E-state index < -0.39 is 6.10 Å². The number of aliphatic hydroxyl groups is 1. The third-order valence-electron chi connectivity index (χ3n) is 5.93. The van der Waals surface area contributed by atoms with Crippen molar-refractivity contribution in [3.8, 4) is 0 Å². The Morgan fingerprint density at radius 1 is 1.11 bits per heavy atom. The molecule has 28 heavy (non-hydrogen) atoms. The van der Waals surface area contributed by atoms with Gasteiger partial charge < -0.3 is 10.0 Å². The van der Waals surface area contributed by atoms with Gasteiger partial charge in [-0.25, -0.2) is 0 Å². The van der Waals surface area contributed by atoms with E-state index in [2.05, 4.69) is 0 Å². The molecule has 0 spiro atoms. The Bertz CT molecular complexity index is 865. The summed E-state index contributed by atoms with van der Waals surface area (Å²) < 4.78 is 0. The van der Waals surface area contributed by atoms with Crippen molar-refractivity contribution in [2.45, 2.75) is 38.2 Å². The monoisotopic (exact) mass is 395 g/mol. The minimum atomic E-state index is -0.443. The Morgan fingerprint density at radius 3 is 2.54 bits per heavy atom. The second-order valence-corrected chi connectivity index (χ2v) is 8.58. The summed E-state index contributed by atoms with van der Waals surface area (Å²) in [6.07, 6.45) is 2.57. The van der Waals surface area contributed by atoms with E-state index in [1.807, 2.05) is 52.7 Å². The number of allylic oxidation sites excluding steroid dienone is 1. The number of rotatable bonds is 5. The van der Waals surface area contributed by atoms with Crippen LogP contribution in [0.1, 0.15) is 48.6 Å². The first-order chi connectivity index (χ1) is 13.6. The maximum absolute atomic E-state index is 12.9. The molecule has 2 heterocycles. The highest BCUT2D eigenvalue weighted by molar-refractivity contribution is 7.10. The van der Waals surface area contributed by atoms with Crippen molar-refractivity contribution in [1.82, 2.24) is 4.90 Å². The molecule has 4 nitrogen and oxygen atoms in total. The second-order valence-electron chi connectivity index (χ2n) is 7.60. The Hall–Kier alpha value is -2.24. The molecule has 1 unspecified atom stereocenters. The fourth-order valence-electron chi connectivity index (χ4n) is 4.29. The van der Waals surface area contributed by atoms with Gasteiger partial charge in [-0.05, 0) is 47.8 Å². The number of amides is 1. The standard InChI is InChI=1S/C23H25NO3S/c25-20-9-8-18(16-5-2-1-3-6-16)19(20)15-22(26)24-12-10-17(11-13-24)23(27)21-7-4-14-28-21/h1-7,14,17,23,27H,8-13,15H2. The third-order valence-corrected chi connectivity index (χ3v) is 6.87. The van der Waals surface area contributed by atoms with Gasteiger partial charge in [-0.2, -0.15) is 0 Å². The smallest absolute Gasteiger partial charge is 0.227 e. The molecule has 1 aromatic heterocycles. The van der Waals surface area contributed by atoms with E-state index in [0.717, 1.165) is 35.3 Å². The second kappa shape index (κ2) is 8.41. The van der Waals surface area contributed by atoms with E-state index in [1.54, 1.807) is 11.3 Å². The highest BCUT2D eigenvalue weighted by Crippen LogP contribution is 2.35. The van der Waals surface area contributed by atoms with Crippen LogP contribution in [-0.2, 0) is 9.59 Å². The number of nitrogens with zero attached hydrogens (tertiary/aromatic N) is 1. The van der Waals surface area contributed by atoms with Crippen LogP contribution in [0.5, 0.6) is 0 Å². The maximum atomic E-state index is 12.9. The molecule has 2 aliphatic rings. The molecule has 1 aliphatic carbocycles. The number of aliphatic hydroxyl groups excluding tert-OH is 1. The lowest BCUT2D eigenvalue weighted by atomic mass is 9.90. The lowest BCUT2D eigenvalue weighted by molar-refractivity contribution is -0.133. The Morgan fingerprint density at radius 2 is 1.86 bits per heavy atom. The van der Waals surface area contributed by atoms with Crippen LogP contribution >= 0.6 is 11.3 Å². The van der Waals surface area contributed by atoms with E-state index in [4.69, 9.17) is 0 Å². The fourth-order valence-corrected chi connectivity index (χ4v) is 5.09. The van der Waals surface area contributed by atoms with E-state index in [0.29, 0.717) is 25.1 Å². The zero-order valence-electron chi connectivity index (χ0n) is 15.8. The van der Waals surface area contributed by atoms with Crippen molar-refractivity contribution in [2.75, 3.05) is 13.1 Å². The molecule has 4 rings (SSSR count). The number of carbonyl (C=O) groups is 2. The maximum Gasteiger partial charge on any atom is 0.227 e. The molecular weight excluding hydrogens is 370 g/mol. The van der Waals surface area contributed by atoms with E-state index in [9.17, 15) is 14.7 Å². The van der Waals surface area contributed by atoms with E-state index in [-0.39, 0.29) is 24.0 Å². The van der Waals surface area contributed by atoms with Crippen molar-refractivity contribution in [2.24, 2.45) is 5.92 Å². The average molecular weight is 396 g/mol. The van der Waals surface area contributed by atoms with Crippen LogP contribution in [0.2, 0.25) is 0 Å². The predicted molar refractivity (Wildman–Crippen MR) is 111 cm³/mol. The molecule has 1 saturated heterocycles. The first kappa shape index (κ1) is 19.1. The number of hydrogen-bond donors (Lipinski definition) is 1. The average Bonchev–Trinajstić information content (AvgIpc) is 3.39. The van der Waals surface area contributed by atoms with Gasteiger partial charge in [-0.3, -0.25) is 9.59 Å². The molecular formula is C23H25NO3S. The van der Waals surface area contributed by atoms with Crippen molar-refractivity contribution >= 4 is 28.6 Å². The van der Waals surface area contributed by atoms with Crippen LogP contribution in [0.15, 0.2) is 53.4 Å². The van der Waals surface area contributed by atoms with Gasteiger partial charge in [0.25, 0.3) is 0 Å². The van der Waals surface area contributed by atoms with Gasteiger partial charge in [0.2, 0.25) is 5.91 Å². The zero-order chi connectivity index (χ0) is 19.5. The lowest BCUT2D eigenvalue weighted by Gasteiger charge is -2.34. The molecule has 146 valence electrons. The highest BCUT2D eigenvalue weighted by Gasteiger charge is 2.31. The number of thiophene rings is 1. The lowest BCUT2D eigenvalue weighted by Crippen LogP contribution is -2.40. The summed E-state index contributed by atoms with van der Waals surface area (Å²) >= 11 is 1.58. The minimum Gasteiger partial charge on any atom is -0.387 e. The van der Waals surface area contributed by atoms with Crippen LogP contribution in [0.3, 0.4) is 0 Å². The van der Waals surface area contributed by atoms with Gasteiger partial charge in [0.1, 0.15) is 0 Å². The summed E-state index contributed by atoms with van der Waals surface area (Å²) in [6.45, 7) is 1.29. The van der Waals surface area contributed by atoms with Crippen molar-refractivity contribution in [3.63, 3.8) is 0 Å². The van der Waals surface area contributed by atoms with Gasteiger partial charge in [0.15, 0.2) is 5.78 Å². The third kappa shape index (κ3) is 3.96. The van der Waals surface area contributed by atoms with E-state index >= 15 is 0 Å². The van der Waals surface area contributed by atoms with Gasteiger partial charge in [0.05, 0.1) is 12.5 Å². The summed E-state index contributed by atoms with van der Waals surface area (Å²) in [4.78, 5) is 28.1. The van der Waals surface area contributed by atoms with Crippen LogP contribution in [0, 0.1) is 5.92 Å². The Balaban J connectivity index is 1.40. The topological polar surface area (TPSA) is 57.6 Å². The number of hydrogen-bond acceptors (Lipinski definition) is 4. The van der Waals surface area contributed by atoms with Crippen LogP contribution < -0.4 is 0 Å². The molecule has 1 atom stereocenters. The normalized spacial score (nSPS) is 19.3. The van der Waals surface area contributed by atoms with Crippen molar-refractivity contribution in [1.29, 1.82) is 0 Å². The van der Waals surface area contributed by atoms with Crippen LogP contribution in [0.25, 0.3) is 5.57 Å². The molecule has 0 radical (unpaired) electrons. The minimum absolute atomic E-state index is 0.0303. The molecule has 0 saturated carbocycles. The number of likely N-dealkylation sites (tertiary alicyclic amines) is 1. The van der Waals surface area contributed by atoms with Gasteiger partial charge in [-0.15, -0.1) is 11.3 Å². The molecule has 1 aromatic carbocycles. The number of carbonyl (C=O) groups excluding carboxylic acids is 2.